The average molecular weight is 540 g/mol. The summed E-state index contributed by atoms with van der Waals surface area (Å²) in [6.07, 6.45) is -3.48. The predicted octanol–water partition coefficient (Wildman–Crippen LogP) is 4.46. The molecule has 0 radical (unpaired) electrons. The number of benzene rings is 1. The third-order valence-corrected chi connectivity index (χ3v) is 5.61. The van der Waals surface area contributed by atoms with Crippen molar-refractivity contribution in [1.82, 2.24) is 9.80 Å². The molecule has 1 spiro atoms. The maximum atomic E-state index is 13.2. The maximum Gasteiger partial charge on any atom is 0.422 e. The zero-order chi connectivity index (χ0) is 22.3. The first-order chi connectivity index (χ1) is 13.8. The molecular weight excluding hydrogens is 516 g/mol. The van der Waals surface area contributed by atoms with E-state index in [1.165, 1.54) is 12.1 Å². The van der Waals surface area contributed by atoms with Crippen molar-refractivity contribution in [3.8, 4) is 5.75 Å². The molecule has 0 N–H and O–H groups in total. The molecule has 0 unspecified atom stereocenters. The van der Waals surface area contributed by atoms with E-state index in [1.807, 2.05) is 22.6 Å². The molecule has 1 aromatic rings. The number of hydrogen-bond donors (Lipinski definition) is 0. The van der Waals surface area contributed by atoms with Crippen LogP contribution >= 0.6 is 22.6 Å². The summed E-state index contributed by atoms with van der Waals surface area (Å²) in [5.41, 5.74) is -1.03. The Labute approximate surface area is 186 Å². The van der Waals surface area contributed by atoms with Crippen LogP contribution in [0.15, 0.2) is 18.2 Å². The van der Waals surface area contributed by atoms with Crippen LogP contribution in [-0.4, -0.2) is 65.4 Å². The number of carbonyl (C=O) groups excluding carboxylic acids is 2. The summed E-state index contributed by atoms with van der Waals surface area (Å²) in [5.74, 6) is -0.473. The van der Waals surface area contributed by atoms with Crippen molar-refractivity contribution in [2.24, 2.45) is 0 Å². The van der Waals surface area contributed by atoms with Gasteiger partial charge in [-0.2, -0.15) is 13.2 Å². The number of piperazine rings is 1. The van der Waals surface area contributed by atoms with Gasteiger partial charge in [0.25, 0.3) is 5.91 Å². The molecule has 0 aromatic heterocycles. The van der Waals surface area contributed by atoms with Gasteiger partial charge in [-0.3, -0.25) is 4.79 Å². The molecule has 3 rings (SSSR count). The number of amides is 2. The van der Waals surface area contributed by atoms with Crippen LogP contribution in [0.5, 0.6) is 5.75 Å². The highest BCUT2D eigenvalue weighted by Crippen LogP contribution is 2.45. The van der Waals surface area contributed by atoms with Gasteiger partial charge in [0.05, 0.1) is 11.1 Å². The van der Waals surface area contributed by atoms with Gasteiger partial charge < -0.3 is 19.3 Å². The van der Waals surface area contributed by atoms with Gasteiger partial charge in [-0.25, -0.2) is 4.79 Å². The minimum Gasteiger partial charge on any atom is -0.483 e. The lowest BCUT2D eigenvalue weighted by Crippen LogP contribution is -2.58. The van der Waals surface area contributed by atoms with Crippen LogP contribution in [0.2, 0.25) is 0 Å². The normalized spacial score (nSPS) is 18.4. The summed E-state index contributed by atoms with van der Waals surface area (Å²) >= 11 is 1.96. The number of ether oxygens (including phenoxy) is 2. The van der Waals surface area contributed by atoms with Crippen molar-refractivity contribution >= 4 is 34.6 Å². The second-order valence-corrected chi connectivity index (χ2v) is 9.87. The SMILES string of the molecule is CC(C)(C)OC(=O)N1CCN(C(=O)c2ccc(I)cc2OCC(F)(F)F)C2(CC2)C1. The van der Waals surface area contributed by atoms with E-state index in [0.717, 1.165) is 12.8 Å². The Hall–Kier alpha value is -1.72. The highest BCUT2D eigenvalue weighted by Gasteiger charge is 2.54. The lowest BCUT2D eigenvalue weighted by Gasteiger charge is -2.42. The summed E-state index contributed by atoms with van der Waals surface area (Å²) in [4.78, 5) is 28.9. The number of carbonyl (C=O) groups is 2. The molecule has 2 amide bonds. The molecule has 1 aliphatic carbocycles. The molecule has 2 fully saturated rings. The fourth-order valence-electron chi connectivity index (χ4n) is 3.45. The van der Waals surface area contributed by atoms with Crippen molar-refractivity contribution in [2.75, 3.05) is 26.2 Å². The number of halogens is 4. The molecule has 2 aliphatic rings. The van der Waals surface area contributed by atoms with Gasteiger partial charge in [0.2, 0.25) is 0 Å². The minimum atomic E-state index is -4.50. The summed E-state index contributed by atoms with van der Waals surface area (Å²) in [7, 11) is 0. The molecule has 1 saturated heterocycles. The number of alkyl halides is 3. The molecule has 1 saturated carbocycles. The number of hydrogen-bond acceptors (Lipinski definition) is 4. The third kappa shape index (κ3) is 5.50. The smallest absolute Gasteiger partial charge is 0.422 e. The van der Waals surface area contributed by atoms with Crippen LogP contribution in [-0.2, 0) is 4.74 Å². The van der Waals surface area contributed by atoms with Crippen LogP contribution in [0.3, 0.4) is 0 Å². The summed E-state index contributed by atoms with van der Waals surface area (Å²) < 4.78 is 48.9. The summed E-state index contributed by atoms with van der Waals surface area (Å²) in [6, 6.07) is 4.58. The van der Waals surface area contributed by atoms with E-state index in [9.17, 15) is 22.8 Å². The van der Waals surface area contributed by atoms with Gasteiger partial charge in [0.1, 0.15) is 11.4 Å². The topological polar surface area (TPSA) is 59.1 Å². The Balaban J connectivity index is 1.76. The van der Waals surface area contributed by atoms with E-state index < -0.39 is 30.0 Å². The average Bonchev–Trinajstić information content (AvgIpc) is 3.37. The van der Waals surface area contributed by atoms with Gasteiger partial charge in [0.15, 0.2) is 6.61 Å². The third-order valence-electron chi connectivity index (χ3n) is 4.94. The zero-order valence-corrected chi connectivity index (χ0v) is 19.2. The Morgan fingerprint density at radius 2 is 1.83 bits per heavy atom. The van der Waals surface area contributed by atoms with E-state index >= 15 is 0 Å². The Morgan fingerprint density at radius 3 is 2.40 bits per heavy atom. The Kier molecular flexibility index (Phi) is 6.18. The largest absolute Gasteiger partial charge is 0.483 e. The molecule has 10 heteroatoms. The highest BCUT2D eigenvalue weighted by molar-refractivity contribution is 14.1. The van der Waals surface area contributed by atoms with Crippen molar-refractivity contribution in [3.05, 3.63) is 27.3 Å². The van der Waals surface area contributed by atoms with Crippen LogP contribution in [0, 0.1) is 3.57 Å². The lowest BCUT2D eigenvalue weighted by molar-refractivity contribution is -0.153. The molecular formula is C20H24F3IN2O4. The first-order valence-corrected chi connectivity index (χ1v) is 10.7. The van der Waals surface area contributed by atoms with Crippen molar-refractivity contribution in [2.45, 2.75) is 50.9 Å². The maximum absolute atomic E-state index is 13.2. The fourth-order valence-corrected chi connectivity index (χ4v) is 3.91. The van der Waals surface area contributed by atoms with Gasteiger partial charge in [-0.15, -0.1) is 0 Å². The van der Waals surface area contributed by atoms with Crippen LogP contribution in [0.25, 0.3) is 0 Å². The Morgan fingerprint density at radius 1 is 1.17 bits per heavy atom. The van der Waals surface area contributed by atoms with Crippen LogP contribution in [0.4, 0.5) is 18.0 Å². The van der Waals surface area contributed by atoms with E-state index in [0.29, 0.717) is 16.7 Å². The monoisotopic (exact) mass is 540 g/mol. The molecule has 1 heterocycles. The first-order valence-electron chi connectivity index (χ1n) is 9.59. The minimum absolute atomic E-state index is 0.0883. The van der Waals surface area contributed by atoms with Crippen LogP contribution < -0.4 is 4.74 Å². The molecule has 1 aromatic carbocycles. The molecule has 30 heavy (non-hydrogen) atoms. The second-order valence-electron chi connectivity index (χ2n) is 8.63. The molecule has 6 nitrogen and oxygen atoms in total. The first kappa shape index (κ1) is 23.0. The van der Waals surface area contributed by atoms with E-state index in [4.69, 9.17) is 9.47 Å². The molecule has 0 bridgehead atoms. The van der Waals surface area contributed by atoms with Crippen molar-refractivity contribution in [1.29, 1.82) is 0 Å². The summed E-state index contributed by atoms with van der Waals surface area (Å²) in [6.45, 7) is 4.82. The van der Waals surface area contributed by atoms with Gasteiger partial charge in [0, 0.05) is 23.2 Å². The van der Waals surface area contributed by atoms with Crippen LogP contribution in [0.1, 0.15) is 44.0 Å². The molecule has 0 atom stereocenters. The second kappa shape index (κ2) is 8.08. The van der Waals surface area contributed by atoms with E-state index in [1.54, 1.807) is 36.6 Å². The summed E-state index contributed by atoms with van der Waals surface area (Å²) in [5, 5.41) is 0. The van der Waals surface area contributed by atoms with Gasteiger partial charge in [-0.05, 0) is 74.4 Å². The van der Waals surface area contributed by atoms with E-state index in [-0.39, 0.29) is 23.8 Å². The quantitative estimate of drug-likeness (QED) is 0.532. The van der Waals surface area contributed by atoms with Gasteiger partial charge in [-0.1, -0.05) is 0 Å². The number of rotatable bonds is 3. The molecule has 1 aliphatic heterocycles. The standard InChI is InChI=1S/C20H24F3IN2O4/c1-18(2,3)30-17(28)25-8-9-26(19(11-25)6-7-19)16(27)14-5-4-13(24)10-15(14)29-12-20(21,22)23/h4-5,10H,6-9,11-12H2,1-3H3. The Bertz CT molecular complexity index is 834. The van der Waals surface area contributed by atoms with Crippen molar-refractivity contribution in [3.63, 3.8) is 0 Å². The van der Waals surface area contributed by atoms with Gasteiger partial charge >= 0.3 is 12.3 Å². The fraction of sp³-hybridized carbons (Fsp3) is 0.600. The highest BCUT2D eigenvalue weighted by atomic mass is 127. The molecule has 166 valence electrons. The zero-order valence-electron chi connectivity index (χ0n) is 17.0. The number of nitrogens with zero attached hydrogens (tertiary/aromatic N) is 2. The van der Waals surface area contributed by atoms with E-state index in [2.05, 4.69) is 0 Å². The van der Waals surface area contributed by atoms with Crippen molar-refractivity contribution < 1.29 is 32.2 Å². The lowest BCUT2D eigenvalue weighted by atomic mass is 10.1. The predicted molar refractivity (Wildman–Crippen MR) is 112 cm³/mol.